The van der Waals surface area contributed by atoms with Crippen LogP contribution >= 0.6 is 0 Å². The van der Waals surface area contributed by atoms with Gasteiger partial charge in [-0.15, -0.1) is 0 Å². The van der Waals surface area contributed by atoms with Gasteiger partial charge in [-0.05, 0) is 19.3 Å². The first kappa shape index (κ1) is 15.0. The molecule has 0 amide bonds. The van der Waals surface area contributed by atoms with Crippen molar-refractivity contribution in [3.63, 3.8) is 0 Å². The summed E-state index contributed by atoms with van der Waals surface area (Å²) in [4.78, 5) is 8.97. The lowest BCUT2D eigenvalue weighted by Crippen LogP contribution is -2.34. The second kappa shape index (κ2) is 5.71. The molecule has 0 spiro atoms. The monoisotopic (exact) mass is 315 g/mol. The van der Waals surface area contributed by atoms with Crippen LogP contribution in [0.1, 0.15) is 25.0 Å². The Kier molecular flexibility index (Phi) is 3.90. The number of hydrogen-bond acceptors (Lipinski definition) is 5. The Bertz CT molecular complexity index is 651. The fourth-order valence-corrected chi connectivity index (χ4v) is 2.56. The maximum atomic E-state index is 13.0. The lowest BCUT2D eigenvalue weighted by molar-refractivity contribution is -0.141. The molecular formula is C13H16F3N5O. The molecule has 1 aliphatic heterocycles. The number of hydrogen-bond donors (Lipinski definition) is 0. The zero-order valence-corrected chi connectivity index (χ0v) is 12.0. The normalized spacial score (nSPS) is 19.5. The van der Waals surface area contributed by atoms with E-state index in [9.17, 15) is 13.2 Å². The molecule has 1 aliphatic rings. The first-order chi connectivity index (χ1) is 10.4. The molecule has 0 saturated carbocycles. The lowest BCUT2D eigenvalue weighted by Gasteiger charge is -2.28. The summed E-state index contributed by atoms with van der Waals surface area (Å²) in [7, 11) is 1.72. The van der Waals surface area contributed by atoms with Crippen molar-refractivity contribution in [2.45, 2.75) is 31.5 Å². The molecule has 0 N–H and O–H groups in total. The number of rotatable bonds is 3. The minimum atomic E-state index is -4.52. The van der Waals surface area contributed by atoms with Crippen LogP contribution < -0.4 is 4.90 Å². The van der Waals surface area contributed by atoms with Crippen LogP contribution in [0.15, 0.2) is 12.4 Å². The number of nitrogens with zero attached hydrogens (tertiary/aromatic N) is 5. The first-order valence-electron chi connectivity index (χ1n) is 7.06. The van der Waals surface area contributed by atoms with Crippen molar-refractivity contribution in [2.24, 2.45) is 0 Å². The highest BCUT2D eigenvalue weighted by Gasteiger charge is 2.34. The zero-order valence-electron chi connectivity index (χ0n) is 12.0. The van der Waals surface area contributed by atoms with Crippen molar-refractivity contribution < 1.29 is 17.9 Å². The summed E-state index contributed by atoms with van der Waals surface area (Å²) in [6.07, 6.45) is -0.314. The van der Waals surface area contributed by atoms with Gasteiger partial charge in [-0.25, -0.2) is 4.98 Å². The molecule has 1 atom stereocenters. The zero-order chi connectivity index (χ0) is 15.7. The van der Waals surface area contributed by atoms with Crippen molar-refractivity contribution in [1.82, 2.24) is 19.6 Å². The molecule has 2 aromatic rings. The predicted octanol–water partition coefficient (Wildman–Crippen LogP) is 2.15. The Hall–Kier alpha value is -1.90. The summed E-state index contributed by atoms with van der Waals surface area (Å²) in [5, 5.41) is 3.95. The average Bonchev–Trinajstić information content (AvgIpc) is 2.94. The Balaban J connectivity index is 1.92. The number of anilines is 1. The summed E-state index contributed by atoms with van der Waals surface area (Å²) in [6.45, 7) is 1.19. The van der Waals surface area contributed by atoms with Gasteiger partial charge in [0.25, 0.3) is 5.78 Å². The summed E-state index contributed by atoms with van der Waals surface area (Å²) in [5.74, 6) is 0.227. The van der Waals surface area contributed by atoms with Crippen molar-refractivity contribution in [2.75, 3.05) is 25.1 Å². The Morgan fingerprint density at radius 1 is 1.41 bits per heavy atom. The molecular weight excluding hydrogens is 299 g/mol. The van der Waals surface area contributed by atoms with Gasteiger partial charge in [0.05, 0.1) is 6.10 Å². The number of fused-ring (bicyclic) bond motifs is 1. The van der Waals surface area contributed by atoms with Gasteiger partial charge in [0.2, 0.25) is 0 Å². The van der Waals surface area contributed by atoms with Crippen LogP contribution in [0.3, 0.4) is 0 Å². The summed E-state index contributed by atoms with van der Waals surface area (Å²) >= 11 is 0. The third kappa shape index (κ3) is 2.99. The number of alkyl halides is 3. The molecule has 0 unspecified atom stereocenters. The van der Waals surface area contributed by atoms with Crippen LogP contribution in [0.25, 0.3) is 5.78 Å². The van der Waals surface area contributed by atoms with Crippen LogP contribution in [0.2, 0.25) is 0 Å². The third-order valence-electron chi connectivity index (χ3n) is 3.67. The Labute approximate surface area is 124 Å². The average molecular weight is 315 g/mol. The van der Waals surface area contributed by atoms with E-state index in [1.54, 1.807) is 11.9 Å². The molecule has 3 rings (SSSR count). The number of aromatic nitrogens is 4. The molecule has 0 radical (unpaired) electrons. The van der Waals surface area contributed by atoms with E-state index in [0.29, 0.717) is 19.0 Å². The van der Waals surface area contributed by atoms with Crippen LogP contribution in [0, 0.1) is 0 Å². The lowest BCUT2D eigenvalue weighted by atomic mass is 10.1. The van der Waals surface area contributed by atoms with Gasteiger partial charge in [-0.2, -0.15) is 27.8 Å². The standard InChI is InChI=1S/C13H16F3N5O/c1-20(7-9-4-2-3-5-22-9)11-6-10(13(14,15)16)19-12-17-8-18-21(11)12/h6,8-9H,2-5,7H2,1H3/t9-/m1/s1. The van der Waals surface area contributed by atoms with E-state index in [1.807, 2.05) is 0 Å². The van der Waals surface area contributed by atoms with Crippen LogP contribution in [-0.4, -0.2) is 45.9 Å². The van der Waals surface area contributed by atoms with Gasteiger partial charge in [-0.1, -0.05) is 0 Å². The second-order valence-corrected chi connectivity index (χ2v) is 5.34. The molecule has 3 heterocycles. The topological polar surface area (TPSA) is 55.5 Å². The van der Waals surface area contributed by atoms with Crippen LogP contribution in [0.4, 0.5) is 19.0 Å². The highest BCUT2D eigenvalue weighted by Crippen LogP contribution is 2.30. The molecule has 9 heteroatoms. The maximum Gasteiger partial charge on any atom is 0.433 e. The van der Waals surface area contributed by atoms with E-state index in [2.05, 4.69) is 15.1 Å². The van der Waals surface area contributed by atoms with Crippen LogP contribution in [-0.2, 0) is 10.9 Å². The quantitative estimate of drug-likeness (QED) is 0.869. The number of halogens is 3. The van der Waals surface area contributed by atoms with Gasteiger partial charge in [0, 0.05) is 26.3 Å². The molecule has 0 aliphatic carbocycles. The molecule has 0 aromatic carbocycles. The second-order valence-electron chi connectivity index (χ2n) is 5.34. The maximum absolute atomic E-state index is 13.0. The van der Waals surface area contributed by atoms with E-state index in [1.165, 1.54) is 10.8 Å². The minimum absolute atomic E-state index is 0.0137. The van der Waals surface area contributed by atoms with E-state index in [-0.39, 0.29) is 11.9 Å². The van der Waals surface area contributed by atoms with E-state index >= 15 is 0 Å². The van der Waals surface area contributed by atoms with Gasteiger partial charge in [0.1, 0.15) is 12.1 Å². The van der Waals surface area contributed by atoms with Crippen molar-refractivity contribution in [3.05, 3.63) is 18.1 Å². The highest BCUT2D eigenvalue weighted by molar-refractivity contribution is 5.47. The Morgan fingerprint density at radius 2 is 2.23 bits per heavy atom. The van der Waals surface area contributed by atoms with Crippen LogP contribution in [0.5, 0.6) is 0 Å². The largest absolute Gasteiger partial charge is 0.433 e. The molecule has 2 aromatic heterocycles. The molecule has 1 fully saturated rings. The minimum Gasteiger partial charge on any atom is -0.376 e. The predicted molar refractivity (Wildman–Crippen MR) is 72.6 cm³/mol. The third-order valence-corrected chi connectivity index (χ3v) is 3.67. The van der Waals surface area contributed by atoms with Crippen molar-refractivity contribution in [1.29, 1.82) is 0 Å². The Morgan fingerprint density at radius 3 is 2.91 bits per heavy atom. The van der Waals surface area contributed by atoms with Gasteiger partial charge < -0.3 is 9.64 Å². The molecule has 120 valence electrons. The van der Waals surface area contributed by atoms with Crippen molar-refractivity contribution in [3.8, 4) is 0 Å². The molecule has 0 bridgehead atoms. The molecule has 1 saturated heterocycles. The summed E-state index contributed by atoms with van der Waals surface area (Å²) in [6, 6.07) is 0.991. The van der Waals surface area contributed by atoms with E-state index in [4.69, 9.17) is 4.74 Å². The molecule has 22 heavy (non-hydrogen) atoms. The highest BCUT2D eigenvalue weighted by atomic mass is 19.4. The van der Waals surface area contributed by atoms with Gasteiger partial charge in [0.15, 0.2) is 5.69 Å². The van der Waals surface area contributed by atoms with Gasteiger partial charge >= 0.3 is 6.18 Å². The number of ether oxygens (including phenoxy) is 1. The van der Waals surface area contributed by atoms with E-state index in [0.717, 1.165) is 25.3 Å². The molecule has 6 nitrogen and oxygen atoms in total. The fourth-order valence-electron chi connectivity index (χ4n) is 2.56. The van der Waals surface area contributed by atoms with E-state index < -0.39 is 11.9 Å². The van der Waals surface area contributed by atoms with Crippen molar-refractivity contribution >= 4 is 11.6 Å². The van der Waals surface area contributed by atoms with Gasteiger partial charge in [-0.3, -0.25) is 0 Å². The smallest absolute Gasteiger partial charge is 0.376 e. The SMILES string of the molecule is CN(C[C@H]1CCCCO1)c1cc(C(F)(F)F)nc2ncnn12. The summed E-state index contributed by atoms with van der Waals surface area (Å²) < 4.78 is 45.8. The first-order valence-corrected chi connectivity index (χ1v) is 7.06. The fraction of sp³-hybridized carbons (Fsp3) is 0.615. The summed E-state index contributed by atoms with van der Waals surface area (Å²) in [5.41, 5.74) is -0.973. The number of likely N-dealkylation sites (N-methyl/N-ethyl adjacent to an activating group) is 1.